The largest absolute Gasteiger partial charge is 0.343 e. The van der Waals surface area contributed by atoms with Crippen molar-refractivity contribution >= 4 is 5.91 Å². The van der Waals surface area contributed by atoms with Gasteiger partial charge in [-0.1, -0.05) is 6.07 Å². The van der Waals surface area contributed by atoms with E-state index < -0.39 is 0 Å². The first-order valence-corrected chi connectivity index (χ1v) is 5.81. The molecule has 5 heteroatoms. The molecule has 1 aromatic heterocycles. The average molecular weight is 234 g/mol. The summed E-state index contributed by atoms with van der Waals surface area (Å²) in [4.78, 5) is 19.9. The van der Waals surface area contributed by atoms with Crippen molar-refractivity contribution < 1.29 is 4.79 Å². The number of hydrogen-bond donors (Lipinski definition) is 1. The number of aromatic nitrogens is 1. The third-order valence-electron chi connectivity index (χ3n) is 3.18. The lowest BCUT2D eigenvalue weighted by Crippen LogP contribution is -2.51. The Labute approximate surface area is 101 Å². The summed E-state index contributed by atoms with van der Waals surface area (Å²) >= 11 is 0. The molecule has 2 heterocycles. The molecule has 2 N–H and O–H groups in total. The van der Waals surface area contributed by atoms with Crippen LogP contribution in [0.15, 0.2) is 24.4 Å². The summed E-state index contributed by atoms with van der Waals surface area (Å²) in [5.74, 6) is 0.144. The quantitative estimate of drug-likeness (QED) is 0.790. The highest BCUT2D eigenvalue weighted by Crippen LogP contribution is 2.19. The molecule has 17 heavy (non-hydrogen) atoms. The molecule has 0 aromatic carbocycles. The summed E-state index contributed by atoms with van der Waals surface area (Å²) in [5.41, 5.74) is 6.75. The van der Waals surface area contributed by atoms with Crippen molar-refractivity contribution in [3.63, 3.8) is 0 Å². The molecule has 92 valence electrons. The van der Waals surface area contributed by atoms with E-state index in [-0.39, 0.29) is 11.9 Å². The van der Waals surface area contributed by atoms with Crippen LogP contribution in [0.1, 0.15) is 11.7 Å². The van der Waals surface area contributed by atoms with Gasteiger partial charge in [-0.25, -0.2) is 0 Å². The van der Waals surface area contributed by atoms with E-state index in [1.165, 1.54) is 0 Å². The minimum absolute atomic E-state index is 0.0360. The molecule has 1 saturated heterocycles. The van der Waals surface area contributed by atoms with Crippen molar-refractivity contribution in [2.24, 2.45) is 5.73 Å². The Balaban J connectivity index is 2.12. The lowest BCUT2D eigenvalue weighted by molar-refractivity contribution is -0.135. The Hall–Kier alpha value is -1.46. The van der Waals surface area contributed by atoms with Gasteiger partial charge in [-0.05, 0) is 12.1 Å². The van der Waals surface area contributed by atoms with E-state index >= 15 is 0 Å². The fraction of sp³-hybridized carbons (Fsp3) is 0.500. The standard InChI is InChI=1S/C12H18N4O/c1-15-6-7-16(9-12(15)17)11(8-13)10-4-2-3-5-14-10/h2-5,11H,6-9,13H2,1H3. The van der Waals surface area contributed by atoms with E-state index in [9.17, 15) is 4.79 Å². The molecule has 1 atom stereocenters. The minimum atomic E-state index is 0.0360. The van der Waals surface area contributed by atoms with Crippen LogP contribution in [0.3, 0.4) is 0 Å². The van der Waals surface area contributed by atoms with Gasteiger partial charge in [0.2, 0.25) is 5.91 Å². The molecule has 0 bridgehead atoms. The molecule has 1 aromatic rings. The van der Waals surface area contributed by atoms with E-state index in [2.05, 4.69) is 9.88 Å². The van der Waals surface area contributed by atoms with Crippen LogP contribution in [-0.2, 0) is 4.79 Å². The summed E-state index contributed by atoms with van der Waals surface area (Å²) in [5, 5.41) is 0. The second kappa shape index (κ2) is 5.25. The van der Waals surface area contributed by atoms with Crippen LogP contribution in [-0.4, -0.2) is 53.9 Å². The third-order valence-corrected chi connectivity index (χ3v) is 3.18. The van der Waals surface area contributed by atoms with Gasteiger partial charge in [0, 0.05) is 32.9 Å². The third kappa shape index (κ3) is 2.62. The van der Waals surface area contributed by atoms with Crippen molar-refractivity contribution in [2.45, 2.75) is 6.04 Å². The highest BCUT2D eigenvalue weighted by molar-refractivity contribution is 5.78. The molecule has 0 saturated carbocycles. The van der Waals surface area contributed by atoms with Gasteiger partial charge in [-0.3, -0.25) is 14.7 Å². The Kier molecular flexibility index (Phi) is 3.71. The molecule has 1 fully saturated rings. The van der Waals surface area contributed by atoms with Gasteiger partial charge in [0.25, 0.3) is 0 Å². The van der Waals surface area contributed by atoms with Crippen LogP contribution < -0.4 is 5.73 Å². The fourth-order valence-corrected chi connectivity index (χ4v) is 2.07. The van der Waals surface area contributed by atoms with Crippen LogP contribution in [0.5, 0.6) is 0 Å². The maximum atomic E-state index is 11.7. The van der Waals surface area contributed by atoms with Crippen molar-refractivity contribution in [1.82, 2.24) is 14.8 Å². The lowest BCUT2D eigenvalue weighted by atomic mass is 10.1. The second-order valence-corrected chi connectivity index (χ2v) is 4.29. The highest BCUT2D eigenvalue weighted by atomic mass is 16.2. The number of nitrogens with two attached hydrogens (primary N) is 1. The number of likely N-dealkylation sites (N-methyl/N-ethyl adjacent to an activating group) is 1. The number of carbonyl (C=O) groups is 1. The van der Waals surface area contributed by atoms with Crippen LogP contribution in [0.2, 0.25) is 0 Å². The van der Waals surface area contributed by atoms with Gasteiger partial charge in [-0.2, -0.15) is 0 Å². The number of rotatable bonds is 3. The molecule has 0 radical (unpaired) electrons. The number of piperazine rings is 1. The van der Waals surface area contributed by atoms with Crippen molar-refractivity contribution in [1.29, 1.82) is 0 Å². The first kappa shape index (κ1) is 12.0. The predicted molar refractivity (Wildman–Crippen MR) is 65.2 cm³/mol. The van der Waals surface area contributed by atoms with Crippen LogP contribution in [0.25, 0.3) is 0 Å². The van der Waals surface area contributed by atoms with Gasteiger partial charge >= 0.3 is 0 Å². The number of pyridine rings is 1. The van der Waals surface area contributed by atoms with Gasteiger partial charge in [0.1, 0.15) is 0 Å². The van der Waals surface area contributed by atoms with Crippen LogP contribution >= 0.6 is 0 Å². The molecule has 1 aliphatic rings. The fourth-order valence-electron chi connectivity index (χ4n) is 2.07. The molecular formula is C12H18N4O. The zero-order valence-electron chi connectivity index (χ0n) is 10.0. The van der Waals surface area contributed by atoms with Crippen molar-refractivity contribution in [2.75, 3.05) is 33.2 Å². The van der Waals surface area contributed by atoms with Crippen LogP contribution in [0, 0.1) is 0 Å². The van der Waals surface area contributed by atoms with Crippen molar-refractivity contribution in [3.05, 3.63) is 30.1 Å². The normalized spacial score (nSPS) is 19.4. The van der Waals surface area contributed by atoms with E-state index in [0.29, 0.717) is 13.1 Å². The first-order valence-electron chi connectivity index (χ1n) is 5.81. The zero-order chi connectivity index (χ0) is 12.3. The summed E-state index contributed by atoms with van der Waals surface area (Å²) < 4.78 is 0. The van der Waals surface area contributed by atoms with E-state index in [0.717, 1.165) is 18.8 Å². The summed E-state index contributed by atoms with van der Waals surface area (Å²) in [6.45, 7) is 2.51. The molecule has 2 rings (SSSR count). The Morgan fingerprint density at radius 2 is 2.29 bits per heavy atom. The zero-order valence-corrected chi connectivity index (χ0v) is 10.0. The second-order valence-electron chi connectivity index (χ2n) is 4.29. The maximum Gasteiger partial charge on any atom is 0.236 e. The lowest BCUT2D eigenvalue weighted by Gasteiger charge is -2.36. The van der Waals surface area contributed by atoms with Gasteiger partial charge in [-0.15, -0.1) is 0 Å². The number of hydrogen-bond acceptors (Lipinski definition) is 4. The highest BCUT2D eigenvalue weighted by Gasteiger charge is 2.27. The number of carbonyl (C=O) groups excluding carboxylic acids is 1. The molecule has 5 nitrogen and oxygen atoms in total. The molecule has 1 unspecified atom stereocenters. The SMILES string of the molecule is CN1CCN(C(CN)c2ccccn2)CC1=O. The molecule has 0 aliphatic carbocycles. The smallest absolute Gasteiger partial charge is 0.236 e. The van der Waals surface area contributed by atoms with Gasteiger partial charge in [0.15, 0.2) is 0 Å². The number of amides is 1. The predicted octanol–water partition coefficient (Wildman–Crippen LogP) is -0.145. The van der Waals surface area contributed by atoms with E-state index in [4.69, 9.17) is 5.73 Å². The molecular weight excluding hydrogens is 216 g/mol. The first-order chi connectivity index (χ1) is 8.22. The number of nitrogens with zero attached hydrogens (tertiary/aromatic N) is 3. The molecule has 1 amide bonds. The Bertz CT molecular complexity index is 381. The topological polar surface area (TPSA) is 62.5 Å². The molecule has 0 spiro atoms. The van der Waals surface area contributed by atoms with Gasteiger partial charge in [0.05, 0.1) is 18.3 Å². The Morgan fingerprint density at radius 3 is 2.88 bits per heavy atom. The Morgan fingerprint density at radius 1 is 1.47 bits per heavy atom. The molecule has 1 aliphatic heterocycles. The maximum absolute atomic E-state index is 11.7. The van der Waals surface area contributed by atoms with Crippen molar-refractivity contribution in [3.8, 4) is 0 Å². The van der Waals surface area contributed by atoms with E-state index in [1.807, 2.05) is 25.2 Å². The minimum Gasteiger partial charge on any atom is -0.343 e. The summed E-state index contributed by atoms with van der Waals surface area (Å²) in [6, 6.07) is 5.82. The monoisotopic (exact) mass is 234 g/mol. The summed E-state index contributed by atoms with van der Waals surface area (Å²) in [7, 11) is 1.83. The van der Waals surface area contributed by atoms with E-state index in [1.54, 1.807) is 11.1 Å². The summed E-state index contributed by atoms with van der Waals surface area (Å²) in [6.07, 6.45) is 1.76. The van der Waals surface area contributed by atoms with Crippen LogP contribution in [0.4, 0.5) is 0 Å². The van der Waals surface area contributed by atoms with Gasteiger partial charge < -0.3 is 10.6 Å². The average Bonchev–Trinajstić information content (AvgIpc) is 2.36.